The summed E-state index contributed by atoms with van der Waals surface area (Å²) in [5.74, 6) is -0.164. The molecule has 0 unspecified atom stereocenters. The van der Waals surface area contributed by atoms with Crippen LogP contribution in [0.4, 0.5) is 24.5 Å². The zero-order valence-electron chi connectivity index (χ0n) is 10.9. The zero-order chi connectivity index (χ0) is 15.0. The molecule has 0 spiro atoms. The molecular formula is C13H13F3N4O. The molecule has 0 amide bonds. The Labute approximate surface area is 118 Å². The Morgan fingerprint density at radius 1 is 1.38 bits per heavy atom. The predicted molar refractivity (Wildman–Crippen MR) is 71.0 cm³/mol. The van der Waals surface area contributed by atoms with Crippen molar-refractivity contribution in [3.8, 4) is 5.75 Å². The van der Waals surface area contributed by atoms with Gasteiger partial charge in [0.05, 0.1) is 30.8 Å². The fourth-order valence-corrected chi connectivity index (χ4v) is 2.35. The molecule has 1 aromatic heterocycles. The fourth-order valence-electron chi connectivity index (χ4n) is 2.35. The molecule has 0 fully saturated rings. The molecule has 0 atom stereocenters. The smallest absolute Gasteiger partial charge is 0.420 e. The molecule has 0 saturated carbocycles. The molecule has 0 radical (unpaired) electrons. The SMILES string of the molecule is Nc1cc2c(c(C(F)(F)F)c1)OCCN2Cc1cnc[nH]1. The van der Waals surface area contributed by atoms with Crippen molar-refractivity contribution in [3.05, 3.63) is 35.9 Å². The highest BCUT2D eigenvalue weighted by Crippen LogP contribution is 2.45. The summed E-state index contributed by atoms with van der Waals surface area (Å²) < 4.78 is 44.5. The van der Waals surface area contributed by atoms with Gasteiger partial charge in [-0.1, -0.05) is 0 Å². The number of aromatic nitrogens is 2. The first-order valence-electron chi connectivity index (χ1n) is 6.31. The average Bonchev–Trinajstić information content (AvgIpc) is 2.90. The van der Waals surface area contributed by atoms with E-state index in [0.717, 1.165) is 11.8 Å². The molecule has 0 saturated heterocycles. The van der Waals surface area contributed by atoms with Gasteiger partial charge < -0.3 is 20.4 Å². The third-order valence-electron chi connectivity index (χ3n) is 3.26. The Bertz CT molecular complexity index is 640. The van der Waals surface area contributed by atoms with Crippen molar-refractivity contribution in [2.24, 2.45) is 0 Å². The molecule has 1 aliphatic rings. The standard InChI is InChI=1S/C13H13F3N4O/c14-13(15,16)10-3-8(17)4-11-12(10)21-2-1-20(11)6-9-5-18-7-19-9/h3-5,7H,1-2,6,17H2,(H,18,19). The Morgan fingerprint density at radius 2 is 2.19 bits per heavy atom. The maximum absolute atomic E-state index is 13.1. The van der Waals surface area contributed by atoms with Crippen molar-refractivity contribution in [1.29, 1.82) is 0 Å². The molecular weight excluding hydrogens is 285 g/mol. The monoisotopic (exact) mass is 298 g/mol. The summed E-state index contributed by atoms with van der Waals surface area (Å²) in [7, 11) is 0. The summed E-state index contributed by atoms with van der Waals surface area (Å²) in [6, 6.07) is 2.40. The van der Waals surface area contributed by atoms with E-state index in [4.69, 9.17) is 10.5 Å². The minimum absolute atomic E-state index is 0.0567. The average molecular weight is 298 g/mol. The van der Waals surface area contributed by atoms with Crippen LogP contribution >= 0.6 is 0 Å². The number of H-pyrrole nitrogens is 1. The van der Waals surface area contributed by atoms with Gasteiger partial charge >= 0.3 is 6.18 Å². The van der Waals surface area contributed by atoms with Crippen LogP contribution < -0.4 is 15.4 Å². The summed E-state index contributed by atoms with van der Waals surface area (Å²) in [6.45, 7) is 1.08. The van der Waals surface area contributed by atoms with Gasteiger partial charge in [0, 0.05) is 11.9 Å². The van der Waals surface area contributed by atoms with Crippen LogP contribution in [0.25, 0.3) is 0 Å². The van der Waals surface area contributed by atoms with Crippen LogP contribution in [0.1, 0.15) is 11.3 Å². The first kappa shape index (κ1) is 13.6. The van der Waals surface area contributed by atoms with Crippen molar-refractivity contribution in [2.75, 3.05) is 23.8 Å². The number of imidazole rings is 1. The predicted octanol–water partition coefficient (Wildman–Crippen LogP) is 2.41. The van der Waals surface area contributed by atoms with E-state index in [1.54, 1.807) is 11.1 Å². The Kier molecular flexibility index (Phi) is 3.15. The number of aromatic amines is 1. The third kappa shape index (κ3) is 2.61. The first-order valence-corrected chi connectivity index (χ1v) is 6.31. The maximum Gasteiger partial charge on any atom is 0.420 e. The summed E-state index contributed by atoms with van der Waals surface area (Å²) in [5.41, 5.74) is 5.98. The largest absolute Gasteiger partial charge is 0.489 e. The summed E-state index contributed by atoms with van der Waals surface area (Å²) in [5, 5.41) is 0. The Balaban J connectivity index is 2.03. The highest BCUT2D eigenvalue weighted by Gasteiger charge is 2.38. The van der Waals surface area contributed by atoms with Crippen LogP contribution in [-0.2, 0) is 12.7 Å². The van der Waals surface area contributed by atoms with Gasteiger partial charge in [-0.05, 0) is 12.1 Å². The van der Waals surface area contributed by atoms with E-state index < -0.39 is 11.7 Å². The van der Waals surface area contributed by atoms with E-state index in [1.165, 1.54) is 12.4 Å². The number of hydrogen-bond acceptors (Lipinski definition) is 4. The highest BCUT2D eigenvalue weighted by atomic mass is 19.4. The van der Waals surface area contributed by atoms with Crippen LogP contribution in [0.2, 0.25) is 0 Å². The second kappa shape index (κ2) is 4.87. The van der Waals surface area contributed by atoms with Crippen molar-refractivity contribution < 1.29 is 17.9 Å². The van der Waals surface area contributed by atoms with Crippen molar-refractivity contribution in [2.45, 2.75) is 12.7 Å². The lowest BCUT2D eigenvalue weighted by Crippen LogP contribution is -2.33. The molecule has 2 heterocycles. The molecule has 0 aliphatic carbocycles. The minimum atomic E-state index is -4.50. The zero-order valence-corrected chi connectivity index (χ0v) is 10.9. The van der Waals surface area contributed by atoms with Crippen molar-refractivity contribution >= 4 is 11.4 Å². The fraction of sp³-hybridized carbons (Fsp3) is 0.308. The van der Waals surface area contributed by atoms with E-state index in [2.05, 4.69) is 9.97 Å². The van der Waals surface area contributed by atoms with Gasteiger partial charge in [-0.15, -0.1) is 0 Å². The topological polar surface area (TPSA) is 67.2 Å². The molecule has 0 bridgehead atoms. The van der Waals surface area contributed by atoms with Gasteiger partial charge in [0.2, 0.25) is 0 Å². The van der Waals surface area contributed by atoms with Crippen LogP contribution in [0.15, 0.2) is 24.7 Å². The number of nitrogens with one attached hydrogen (secondary N) is 1. The number of rotatable bonds is 2. The molecule has 21 heavy (non-hydrogen) atoms. The molecule has 1 aliphatic heterocycles. The number of nitrogen functional groups attached to an aromatic ring is 1. The summed E-state index contributed by atoms with van der Waals surface area (Å²) in [6.07, 6.45) is -1.35. The van der Waals surface area contributed by atoms with Crippen LogP contribution in [0.5, 0.6) is 5.75 Å². The highest BCUT2D eigenvalue weighted by molar-refractivity contribution is 5.70. The van der Waals surface area contributed by atoms with Crippen molar-refractivity contribution in [3.63, 3.8) is 0 Å². The molecule has 2 aromatic rings. The van der Waals surface area contributed by atoms with E-state index >= 15 is 0 Å². The number of nitrogens with zero attached hydrogens (tertiary/aromatic N) is 2. The molecule has 1 aromatic carbocycles. The van der Waals surface area contributed by atoms with E-state index in [0.29, 0.717) is 18.8 Å². The quantitative estimate of drug-likeness (QED) is 0.836. The van der Waals surface area contributed by atoms with Gasteiger partial charge in [0.25, 0.3) is 0 Å². The van der Waals surface area contributed by atoms with Gasteiger partial charge in [0.15, 0.2) is 5.75 Å². The lowest BCUT2D eigenvalue weighted by molar-refractivity contribution is -0.138. The Morgan fingerprint density at radius 3 is 2.86 bits per heavy atom. The third-order valence-corrected chi connectivity index (χ3v) is 3.26. The summed E-state index contributed by atoms with van der Waals surface area (Å²) >= 11 is 0. The number of hydrogen-bond donors (Lipinski definition) is 2. The number of alkyl halides is 3. The number of benzene rings is 1. The minimum Gasteiger partial charge on any atom is -0.489 e. The number of nitrogens with two attached hydrogens (primary N) is 1. The number of halogens is 3. The van der Waals surface area contributed by atoms with Gasteiger partial charge in [-0.25, -0.2) is 4.98 Å². The molecule has 112 valence electrons. The number of anilines is 2. The van der Waals surface area contributed by atoms with Gasteiger partial charge in [-0.2, -0.15) is 13.2 Å². The lowest BCUT2D eigenvalue weighted by Gasteiger charge is -2.32. The number of fused-ring (bicyclic) bond motifs is 1. The summed E-state index contributed by atoms with van der Waals surface area (Å²) in [4.78, 5) is 8.62. The maximum atomic E-state index is 13.1. The second-order valence-electron chi connectivity index (χ2n) is 4.76. The van der Waals surface area contributed by atoms with Crippen LogP contribution in [-0.4, -0.2) is 23.1 Å². The van der Waals surface area contributed by atoms with E-state index in [9.17, 15) is 13.2 Å². The molecule has 5 nitrogen and oxygen atoms in total. The molecule has 8 heteroatoms. The van der Waals surface area contributed by atoms with Crippen LogP contribution in [0, 0.1) is 0 Å². The van der Waals surface area contributed by atoms with Gasteiger partial charge in [0.1, 0.15) is 12.2 Å². The lowest BCUT2D eigenvalue weighted by atomic mass is 10.1. The van der Waals surface area contributed by atoms with Crippen LogP contribution in [0.3, 0.4) is 0 Å². The first-order chi connectivity index (χ1) is 9.95. The Hall–Kier alpha value is -2.38. The van der Waals surface area contributed by atoms with E-state index in [-0.39, 0.29) is 18.0 Å². The van der Waals surface area contributed by atoms with Crippen molar-refractivity contribution in [1.82, 2.24) is 9.97 Å². The van der Waals surface area contributed by atoms with Gasteiger partial charge in [-0.3, -0.25) is 0 Å². The molecule has 3 rings (SSSR count). The number of ether oxygens (including phenoxy) is 1. The normalized spacial score (nSPS) is 14.7. The second-order valence-corrected chi connectivity index (χ2v) is 4.76. The molecule has 3 N–H and O–H groups in total. The van der Waals surface area contributed by atoms with E-state index in [1.807, 2.05) is 0 Å².